The van der Waals surface area contributed by atoms with Crippen molar-refractivity contribution in [2.75, 3.05) is 18.5 Å². The lowest BCUT2D eigenvalue weighted by atomic mass is 10.2. The summed E-state index contributed by atoms with van der Waals surface area (Å²) in [5, 5.41) is 5.93. The van der Waals surface area contributed by atoms with Crippen LogP contribution in [0.25, 0.3) is 0 Å². The SMILES string of the molecule is CCOc1cc(C)ccc1NC(=O)CNC(C)C. The van der Waals surface area contributed by atoms with E-state index in [4.69, 9.17) is 4.74 Å². The topological polar surface area (TPSA) is 50.4 Å². The van der Waals surface area contributed by atoms with Crippen LogP contribution in [0.5, 0.6) is 5.75 Å². The summed E-state index contributed by atoms with van der Waals surface area (Å²) in [5.41, 5.74) is 1.83. The van der Waals surface area contributed by atoms with E-state index in [0.717, 1.165) is 17.0 Å². The minimum Gasteiger partial charge on any atom is -0.492 e. The Morgan fingerprint density at radius 3 is 2.72 bits per heavy atom. The van der Waals surface area contributed by atoms with Gasteiger partial charge in [0.1, 0.15) is 5.75 Å². The van der Waals surface area contributed by atoms with E-state index in [0.29, 0.717) is 19.2 Å². The lowest BCUT2D eigenvalue weighted by molar-refractivity contribution is -0.115. The normalized spacial score (nSPS) is 10.5. The van der Waals surface area contributed by atoms with Crippen LogP contribution in [0.1, 0.15) is 26.3 Å². The quantitative estimate of drug-likeness (QED) is 0.814. The van der Waals surface area contributed by atoms with E-state index < -0.39 is 0 Å². The number of carbonyl (C=O) groups excluding carboxylic acids is 1. The Bertz CT molecular complexity index is 403. The number of amides is 1. The molecule has 0 aliphatic rings. The Hall–Kier alpha value is -1.55. The number of nitrogens with one attached hydrogen (secondary N) is 2. The predicted octanol–water partition coefficient (Wildman–Crippen LogP) is 2.33. The first-order chi connectivity index (χ1) is 8.52. The van der Waals surface area contributed by atoms with E-state index in [1.807, 2.05) is 45.9 Å². The fourth-order valence-corrected chi connectivity index (χ4v) is 1.50. The second kappa shape index (κ2) is 7.01. The summed E-state index contributed by atoms with van der Waals surface area (Å²) >= 11 is 0. The van der Waals surface area contributed by atoms with Crippen molar-refractivity contribution >= 4 is 11.6 Å². The van der Waals surface area contributed by atoms with Crippen LogP contribution in [0.4, 0.5) is 5.69 Å². The molecule has 0 fully saturated rings. The van der Waals surface area contributed by atoms with Crippen LogP contribution in [0.3, 0.4) is 0 Å². The summed E-state index contributed by atoms with van der Waals surface area (Å²) in [6.07, 6.45) is 0. The van der Waals surface area contributed by atoms with Gasteiger partial charge in [0.25, 0.3) is 0 Å². The van der Waals surface area contributed by atoms with Gasteiger partial charge in [0, 0.05) is 6.04 Å². The van der Waals surface area contributed by atoms with Gasteiger partial charge in [0.2, 0.25) is 5.91 Å². The van der Waals surface area contributed by atoms with E-state index in [1.165, 1.54) is 0 Å². The molecule has 18 heavy (non-hydrogen) atoms. The summed E-state index contributed by atoms with van der Waals surface area (Å²) in [7, 11) is 0. The van der Waals surface area contributed by atoms with Gasteiger partial charge in [0.05, 0.1) is 18.8 Å². The number of benzene rings is 1. The molecule has 1 rings (SSSR count). The lowest BCUT2D eigenvalue weighted by Crippen LogP contribution is -2.32. The van der Waals surface area contributed by atoms with Crippen molar-refractivity contribution in [1.29, 1.82) is 0 Å². The summed E-state index contributed by atoms with van der Waals surface area (Å²) in [4.78, 5) is 11.7. The fourth-order valence-electron chi connectivity index (χ4n) is 1.50. The highest BCUT2D eigenvalue weighted by Gasteiger charge is 2.08. The molecule has 0 aliphatic carbocycles. The first kappa shape index (κ1) is 14.5. The molecule has 1 aromatic carbocycles. The minimum absolute atomic E-state index is 0.0616. The molecule has 0 heterocycles. The smallest absolute Gasteiger partial charge is 0.238 e. The summed E-state index contributed by atoms with van der Waals surface area (Å²) in [6, 6.07) is 6.04. The molecule has 2 N–H and O–H groups in total. The standard InChI is InChI=1S/C14H22N2O2/c1-5-18-13-8-11(4)6-7-12(13)16-14(17)9-15-10(2)3/h6-8,10,15H,5,9H2,1-4H3,(H,16,17). The highest BCUT2D eigenvalue weighted by atomic mass is 16.5. The van der Waals surface area contributed by atoms with Crippen LogP contribution in [0.15, 0.2) is 18.2 Å². The summed E-state index contributed by atoms with van der Waals surface area (Å²) in [6.45, 7) is 8.81. The first-order valence-electron chi connectivity index (χ1n) is 6.29. The number of carbonyl (C=O) groups is 1. The van der Waals surface area contributed by atoms with Crippen LogP contribution in [0, 0.1) is 6.92 Å². The van der Waals surface area contributed by atoms with Crippen molar-refractivity contribution in [1.82, 2.24) is 5.32 Å². The van der Waals surface area contributed by atoms with Crippen LogP contribution < -0.4 is 15.4 Å². The number of aryl methyl sites for hydroxylation is 1. The van der Waals surface area contributed by atoms with Crippen molar-refractivity contribution in [3.63, 3.8) is 0 Å². The minimum atomic E-state index is -0.0616. The van der Waals surface area contributed by atoms with Gasteiger partial charge in [-0.2, -0.15) is 0 Å². The Labute approximate surface area is 109 Å². The Balaban J connectivity index is 2.68. The number of hydrogen-bond acceptors (Lipinski definition) is 3. The maximum absolute atomic E-state index is 11.7. The molecular formula is C14H22N2O2. The molecule has 0 aromatic heterocycles. The molecule has 0 unspecified atom stereocenters. The highest BCUT2D eigenvalue weighted by molar-refractivity contribution is 5.93. The van der Waals surface area contributed by atoms with Crippen molar-refractivity contribution in [2.24, 2.45) is 0 Å². The number of ether oxygens (including phenoxy) is 1. The summed E-state index contributed by atoms with van der Waals surface area (Å²) in [5.74, 6) is 0.656. The number of rotatable bonds is 6. The molecule has 4 heteroatoms. The van der Waals surface area contributed by atoms with Gasteiger partial charge in [-0.25, -0.2) is 0 Å². The molecule has 0 saturated carbocycles. The van der Waals surface area contributed by atoms with E-state index in [2.05, 4.69) is 10.6 Å². The number of anilines is 1. The van der Waals surface area contributed by atoms with Gasteiger partial charge >= 0.3 is 0 Å². The molecule has 1 aromatic rings. The van der Waals surface area contributed by atoms with Crippen LogP contribution in [0.2, 0.25) is 0 Å². The Kier molecular flexibility index (Phi) is 5.65. The van der Waals surface area contributed by atoms with E-state index in [-0.39, 0.29) is 5.91 Å². The van der Waals surface area contributed by atoms with Crippen LogP contribution >= 0.6 is 0 Å². The fraction of sp³-hybridized carbons (Fsp3) is 0.500. The van der Waals surface area contributed by atoms with E-state index >= 15 is 0 Å². The predicted molar refractivity (Wildman–Crippen MR) is 74.1 cm³/mol. The van der Waals surface area contributed by atoms with Gasteiger partial charge in [0.15, 0.2) is 0 Å². The zero-order valence-electron chi connectivity index (χ0n) is 11.5. The monoisotopic (exact) mass is 250 g/mol. The Morgan fingerprint density at radius 1 is 1.39 bits per heavy atom. The van der Waals surface area contributed by atoms with Gasteiger partial charge in [-0.1, -0.05) is 19.9 Å². The molecule has 0 atom stereocenters. The molecular weight excluding hydrogens is 228 g/mol. The third kappa shape index (κ3) is 4.75. The number of hydrogen-bond donors (Lipinski definition) is 2. The summed E-state index contributed by atoms with van der Waals surface area (Å²) < 4.78 is 5.51. The maximum Gasteiger partial charge on any atom is 0.238 e. The third-order valence-electron chi connectivity index (χ3n) is 2.38. The molecule has 1 amide bonds. The molecule has 100 valence electrons. The zero-order valence-corrected chi connectivity index (χ0v) is 11.5. The van der Waals surface area contributed by atoms with Gasteiger partial charge in [-0.15, -0.1) is 0 Å². The van der Waals surface area contributed by atoms with Gasteiger partial charge in [-0.05, 0) is 31.5 Å². The average Bonchev–Trinajstić information content (AvgIpc) is 2.30. The largest absolute Gasteiger partial charge is 0.492 e. The van der Waals surface area contributed by atoms with Crippen molar-refractivity contribution in [2.45, 2.75) is 33.7 Å². The molecule has 0 radical (unpaired) electrons. The average molecular weight is 250 g/mol. The van der Waals surface area contributed by atoms with Crippen molar-refractivity contribution in [3.05, 3.63) is 23.8 Å². The van der Waals surface area contributed by atoms with Gasteiger partial charge in [-0.3, -0.25) is 4.79 Å². The van der Waals surface area contributed by atoms with Crippen molar-refractivity contribution in [3.8, 4) is 5.75 Å². The molecule has 0 spiro atoms. The highest BCUT2D eigenvalue weighted by Crippen LogP contribution is 2.25. The first-order valence-corrected chi connectivity index (χ1v) is 6.29. The molecule has 0 saturated heterocycles. The lowest BCUT2D eigenvalue weighted by Gasteiger charge is -2.13. The van der Waals surface area contributed by atoms with Crippen molar-refractivity contribution < 1.29 is 9.53 Å². The third-order valence-corrected chi connectivity index (χ3v) is 2.38. The molecule has 4 nitrogen and oxygen atoms in total. The van der Waals surface area contributed by atoms with Crippen LogP contribution in [-0.2, 0) is 4.79 Å². The second-order valence-electron chi connectivity index (χ2n) is 4.52. The molecule has 0 bridgehead atoms. The second-order valence-corrected chi connectivity index (χ2v) is 4.52. The Morgan fingerprint density at radius 2 is 2.11 bits per heavy atom. The molecule has 0 aliphatic heterocycles. The van der Waals surface area contributed by atoms with E-state index in [9.17, 15) is 4.79 Å². The van der Waals surface area contributed by atoms with Gasteiger partial charge < -0.3 is 15.4 Å². The maximum atomic E-state index is 11.7. The van der Waals surface area contributed by atoms with E-state index in [1.54, 1.807) is 0 Å². The van der Waals surface area contributed by atoms with Crippen LogP contribution in [-0.4, -0.2) is 25.1 Å². The zero-order chi connectivity index (χ0) is 13.5.